The van der Waals surface area contributed by atoms with Crippen LogP contribution < -0.4 is 0 Å². The largest absolute Gasteiger partial charge is 0.389 e. The zero-order valence-electron chi connectivity index (χ0n) is 7.24. The molecule has 1 aromatic rings. The standard InChI is InChI=1S/C7H9N3O4/c11-6-4-14-3-5(6)9-2-1-7(8-9)10(12)13/h1-2,5-6,11H,3-4H2. The maximum absolute atomic E-state index is 10.3. The van der Waals surface area contributed by atoms with E-state index in [1.165, 1.54) is 16.9 Å². The molecular weight excluding hydrogens is 190 g/mol. The summed E-state index contributed by atoms with van der Waals surface area (Å²) in [6.07, 6.45) is 0.829. The minimum absolute atomic E-state index is 0.218. The van der Waals surface area contributed by atoms with Gasteiger partial charge in [0.15, 0.2) is 0 Å². The lowest BCUT2D eigenvalue weighted by Crippen LogP contribution is -2.22. The quantitative estimate of drug-likeness (QED) is 0.522. The summed E-state index contributed by atoms with van der Waals surface area (Å²) in [5, 5.41) is 23.5. The third-order valence-electron chi connectivity index (χ3n) is 2.14. The van der Waals surface area contributed by atoms with Crippen molar-refractivity contribution in [3.05, 3.63) is 22.4 Å². The predicted octanol–water partition coefficient (Wildman–Crippen LogP) is -0.277. The molecule has 0 saturated carbocycles. The molecule has 1 N–H and O–H groups in total. The normalized spacial score (nSPS) is 26.6. The van der Waals surface area contributed by atoms with Gasteiger partial charge < -0.3 is 20.0 Å². The zero-order chi connectivity index (χ0) is 10.1. The average molecular weight is 199 g/mol. The molecule has 7 nitrogen and oxygen atoms in total. The van der Waals surface area contributed by atoms with Crippen LogP contribution in [0.1, 0.15) is 6.04 Å². The summed E-state index contributed by atoms with van der Waals surface area (Å²) < 4.78 is 6.38. The number of aliphatic hydroxyl groups excluding tert-OH is 1. The van der Waals surface area contributed by atoms with Crippen molar-refractivity contribution in [2.45, 2.75) is 12.1 Å². The van der Waals surface area contributed by atoms with Crippen LogP contribution in [0, 0.1) is 10.1 Å². The van der Waals surface area contributed by atoms with Gasteiger partial charge in [-0.05, 0) is 4.92 Å². The van der Waals surface area contributed by atoms with Crippen molar-refractivity contribution in [2.24, 2.45) is 0 Å². The summed E-state index contributed by atoms with van der Waals surface area (Å²) >= 11 is 0. The van der Waals surface area contributed by atoms with Gasteiger partial charge in [-0.25, -0.2) is 0 Å². The molecule has 0 aliphatic carbocycles. The summed E-state index contributed by atoms with van der Waals surface area (Å²) in [6, 6.07) is 0.981. The molecule has 76 valence electrons. The topological polar surface area (TPSA) is 90.4 Å². The number of aliphatic hydroxyl groups is 1. The van der Waals surface area contributed by atoms with E-state index in [4.69, 9.17) is 4.74 Å². The molecule has 2 heterocycles. The number of hydrogen-bond donors (Lipinski definition) is 1. The number of nitro groups is 1. The number of hydrogen-bond acceptors (Lipinski definition) is 5. The Morgan fingerprint density at radius 2 is 2.50 bits per heavy atom. The lowest BCUT2D eigenvalue weighted by molar-refractivity contribution is -0.389. The van der Waals surface area contributed by atoms with Crippen LogP contribution in [0.25, 0.3) is 0 Å². The van der Waals surface area contributed by atoms with E-state index in [9.17, 15) is 15.2 Å². The zero-order valence-corrected chi connectivity index (χ0v) is 7.24. The second kappa shape index (κ2) is 3.35. The molecule has 0 bridgehead atoms. The second-order valence-electron chi connectivity index (χ2n) is 3.08. The third kappa shape index (κ3) is 1.47. The molecular formula is C7H9N3O4. The second-order valence-corrected chi connectivity index (χ2v) is 3.08. The Morgan fingerprint density at radius 1 is 1.71 bits per heavy atom. The molecule has 0 amide bonds. The summed E-state index contributed by atoms with van der Waals surface area (Å²) in [6.45, 7) is 0.582. The van der Waals surface area contributed by atoms with Crippen molar-refractivity contribution in [1.29, 1.82) is 0 Å². The SMILES string of the molecule is O=[N+]([O-])c1ccn(C2COCC2O)n1. The van der Waals surface area contributed by atoms with Gasteiger partial charge in [-0.3, -0.25) is 0 Å². The molecule has 1 aliphatic heterocycles. The summed E-state index contributed by atoms with van der Waals surface area (Å²) in [5.41, 5.74) is 0. The highest BCUT2D eigenvalue weighted by Crippen LogP contribution is 2.20. The fraction of sp³-hybridized carbons (Fsp3) is 0.571. The fourth-order valence-electron chi connectivity index (χ4n) is 1.39. The third-order valence-corrected chi connectivity index (χ3v) is 2.14. The van der Waals surface area contributed by atoms with Gasteiger partial charge in [0.25, 0.3) is 0 Å². The van der Waals surface area contributed by atoms with Crippen LogP contribution in [0.15, 0.2) is 12.3 Å². The predicted molar refractivity (Wildman–Crippen MR) is 44.7 cm³/mol. The Kier molecular flexibility index (Phi) is 2.18. The Bertz CT molecular complexity index is 350. The smallest absolute Gasteiger partial charge is 0.388 e. The van der Waals surface area contributed by atoms with Crippen molar-refractivity contribution >= 4 is 5.82 Å². The Balaban J connectivity index is 2.20. The Morgan fingerprint density at radius 3 is 3.00 bits per heavy atom. The highest BCUT2D eigenvalue weighted by molar-refractivity contribution is 5.14. The first-order valence-corrected chi connectivity index (χ1v) is 4.14. The van der Waals surface area contributed by atoms with Crippen LogP contribution in [0.5, 0.6) is 0 Å². The fourth-order valence-corrected chi connectivity index (χ4v) is 1.39. The van der Waals surface area contributed by atoms with E-state index in [1.807, 2.05) is 0 Å². The highest BCUT2D eigenvalue weighted by Gasteiger charge is 2.31. The Labute approximate surface area is 79.1 Å². The van der Waals surface area contributed by atoms with Gasteiger partial charge in [0.05, 0.1) is 30.6 Å². The minimum atomic E-state index is -0.644. The van der Waals surface area contributed by atoms with Gasteiger partial charge in [-0.1, -0.05) is 0 Å². The molecule has 2 rings (SSSR count). The number of aromatic nitrogens is 2. The van der Waals surface area contributed by atoms with E-state index in [1.54, 1.807) is 0 Å². The molecule has 0 aromatic carbocycles. The van der Waals surface area contributed by atoms with Crippen molar-refractivity contribution in [3.63, 3.8) is 0 Å². The minimum Gasteiger partial charge on any atom is -0.388 e. The van der Waals surface area contributed by atoms with Crippen LogP contribution in [-0.4, -0.2) is 39.1 Å². The average Bonchev–Trinajstić information content (AvgIpc) is 2.71. The molecule has 1 aromatic heterocycles. The Hall–Kier alpha value is -1.47. The van der Waals surface area contributed by atoms with Crippen molar-refractivity contribution in [1.82, 2.24) is 9.78 Å². The van der Waals surface area contributed by atoms with Gasteiger partial charge in [-0.15, -0.1) is 0 Å². The first-order chi connectivity index (χ1) is 6.68. The first-order valence-electron chi connectivity index (χ1n) is 4.14. The molecule has 14 heavy (non-hydrogen) atoms. The first kappa shape index (κ1) is 9.10. The van der Waals surface area contributed by atoms with Gasteiger partial charge in [0.2, 0.25) is 0 Å². The molecule has 2 atom stereocenters. The van der Waals surface area contributed by atoms with Gasteiger partial charge >= 0.3 is 5.82 Å². The lowest BCUT2D eigenvalue weighted by atomic mass is 10.2. The molecule has 1 saturated heterocycles. The van der Waals surface area contributed by atoms with E-state index >= 15 is 0 Å². The van der Waals surface area contributed by atoms with Crippen LogP contribution >= 0.6 is 0 Å². The highest BCUT2D eigenvalue weighted by atomic mass is 16.6. The van der Waals surface area contributed by atoms with Crippen molar-refractivity contribution in [2.75, 3.05) is 13.2 Å². The molecule has 0 radical (unpaired) electrons. The summed E-state index contributed by atoms with van der Waals surface area (Å²) in [5.74, 6) is -0.218. The van der Waals surface area contributed by atoms with E-state index in [-0.39, 0.29) is 18.5 Å². The monoisotopic (exact) mass is 199 g/mol. The maximum Gasteiger partial charge on any atom is 0.389 e. The van der Waals surface area contributed by atoms with Gasteiger partial charge in [-0.2, -0.15) is 4.68 Å². The van der Waals surface area contributed by atoms with Crippen molar-refractivity contribution < 1.29 is 14.8 Å². The van der Waals surface area contributed by atoms with Gasteiger partial charge in [0, 0.05) is 0 Å². The number of ether oxygens (including phenoxy) is 1. The van der Waals surface area contributed by atoms with Crippen LogP contribution in [0.4, 0.5) is 5.82 Å². The van der Waals surface area contributed by atoms with Crippen molar-refractivity contribution in [3.8, 4) is 0 Å². The number of nitrogens with zero attached hydrogens (tertiary/aromatic N) is 3. The lowest BCUT2D eigenvalue weighted by Gasteiger charge is -2.07. The van der Waals surface area contributed by atoms with Crippen LogP contribution in [0.3, 0.4) is 0 Å². The molecule has 2 unspecified atom stereocenters. The number of rotatable bonds is 2. The molecule has 7 heteroatoms. The molecule has 1 fully saturated rings. The molecule has 1 aliphatic rings. The van der Waals surface area contributed by atoms with E-state index in [2.05, 4.69) is 5.10 Å². The summed E-state index contributed by atoms with van der Waals surface area (Å²) in [4.78, 5) is 9.78. The van der Waals surface area contributed by atoms with Gasteiger partial charge in [0.1, 0.15) is 12.1 Å². The van der Waals surface area contributed by atoms with Crippen LogP contribution in [0.2, 0.25) is 0 Å². The molecule has 0 spiro atoms. The van der Waals surface area contributed by atoms with E-state index in [0.717, 1.165) is 0 Å². The van der Waals surface area contributed by atoms with E-state index in [0.29, 0.717) is 6.61 Å². The summed E-state index contributed by atoms with van der Waals surface area (Å²) in [7, 11) is 0. The van der Waals surface area contributed by atoms with E-state index < -0.39 is 11.0 Å². The maximum atomic E-state index is 10.3. The van der Waals surface area contributed by atoms with Crippen LogP contribution in [-0.2, 0) is 4.74 Å².